The molecule has 1 aliphatic carbocycles. The highest BCUT2D eigenvalue weighted by molar-refractivity contribution is 5.99. The van der Waals surface area contributed by atoms with Crippen LogP contribution in [0.25, 0.3) is 0 Å². The van der Waals surface area contributed by atoms with Crippen LogP contribution >= 0.6 is 0 Å². The number of anilines is 1. The van der Waals surface area contributed by atoms with Gasteiger partial charge in [0.2, 0.25) is 0 Å². The minimum Gasteiger partial charge on any atom is -0.493 e. The van der Waals surface area contributed by atoms with Gasteiger partial charge >= 0.3 is 5.97 Å². The molecule has 1 saturated carbocycles. The van der Waals surface area contributed by atoms with Crippen LogP contribution in [0.15, 0.2) is 18.2 Å². The molecule has 1 aliphatic rings. The second-order valence-corrected chi connectivity index (χ2v) is 6.85. The van der Waals surface area contributed by atoms with Gasteiger partial charge in [0.15, 0.2) is 0 Å². The maximum Gasteiger partial charge on any atom is 0.341 e. The fourth-order valence-electron chi connectivity index (χ4n) is 3.47. The summed E-state index contributed by atoms with van der Waals surface area (Å²) in [7, 11) is 1.33. The Hall–Kier alpha value is -2.08. The molecule has 0 heterocycles. The van der Waals surface area contributed by atoms with Crippen LogP contribution in [0.4, 0.5) is 5.69 Å². The molecule has 1 aromatic carbocycles. The first-order chi connectivity index (χ1) is 13.1. The number of benzene rings is 1. The van der Waals surface area contributed by atoms with Gasteiger partial charge in [-0.25, -0.2) is 4.79 Å². The van der Waals surface area contributed by atoms with Crippen LogP contribution in [0.1, 0.15) is 69.2 Å². The zero-order chi connectivity index (χ0) is 19.7. The maximum absolute atomic E-state index is 13.1. The summed E-state index contributed by atoms with van der Waals surface area (Å²) in [4.78, 5) is 25.2. The first-order valence-corrected chi connectivity index (χ1v) is 9.87. The molecule has 0 radical (unpaired) electrons. The first kappa shape index (κ1) is 21.2. The Labute approximate surface area is 161 Å². The Kier molecular flexibility index (Phi) is 8.10. The smallest absolute Gasteiger partial charge is 0.341 e. The predicted molar refractivity (Wildman–Crippen MR) is 104 cm³/mol. The SMILES string of the molecule is CCCOc1ccc(NC(=O)C2(OCC)CCCCCC2)cc1C(=O)OC. The Balaban J connectivity index is 2.23. The lowest BCUT2D eigenvalue weighted by Gasteiger charge is -2.31. The van der Waals surface area contributed by atoms with Crippen molar-refractivity contribution in [1.29, 1.82) is 0 Å². The molecule has 0 aromatic heterocycles. The Bertz CT molecular complexity index is 635. The fourth-order valence-corrected chi connectivity index (χ4v) is 3.47. The Morgan fingerprint density at radius 2 is 1.81 bits per heavy atom. The molecular weight excluding hydrogens is 346 g/mol. The van der Waals surface area contributed by atoms with E-state index < -0.39 is 11.6 Å². The highest BCUT2D eigenvalue weighted by atomic mass is 16.5. The third-order valence-electron chi connectivity index (χ3n) is 4.85. The van der Waals surface area contributed by atoms with Crippen LogP contribution < -0.4 is 10.1 Å². The summed E-state index contributed by atoms with van der Waals surface area (Å²) < 4.78 is 16.4. The van der Waals surface area contributed by atoms with E-state index in [1.54, 1.807) is 18.2 Å². The highest BCUT2D eigenvalue weighted by Crippen LogP contribution is 2.32. The van der Waals surface area contributed by atoms with Gasteiger partial charge in [0.05, 0.1) is 13.7 Å². The summed E-state index contributed by atoms with van der Waals surface area (Å²) in [6.07, 6.45) is 6.46. The van der Waals surface area contributed by atoms with Crippen LogP contribution in [0.3, 0.4) is 0 Å². The van der Waals surface area contributed by atoms with Gasteiger partial charge in [-0.1, -0.05) is 32.6 Å². The number of carbonyl (C=O) groups is 2. The summed E-state index contributed by atoms with van der Waals surface area (Å²) in [5.41, 5.74) is 0.0382. The van der Waals surface area contributed by atoms with E-state index in [9.17, 15) is 9.59 Å². The molecule has 0 spiro atoms. The lowest BCUT2D eigenvalue weighted by atomic mass is 9.92. The van der Waals surface area contributed by atoms with Crippen molar-refractivity contribution in [3.8, 4) is 5.75 Å². The number of nitrogens with one attached hydrogen (secondary N) is 1. The van der Waals surface area contributed by atoms with E-state index in [4.69, 9.17) is 14.2 Å². The molecule has 6 heteroatoms. The second-order valence-electron chi connectivity index (χ2n) is 6.85. The normalized spacial score (nSPS) is 16.3. The van der Waals surface area contributed by atoms with Crippen molar-refractivity contribution in [3.63, 3.8) is 0 Å². The third-order valence-corrected chi connectivity index (χ3v) is 4.85. The maximum atomic E-state index is 13.1. The molecule has 1 aromatic rings. The molecule has 1 amide bonds. The zero-order valence-corrected chi connectivity index (χ0v) is 16.6. The molecule has 0 atom stereocenters. The van der Waals surface area contributed by atoms with Crippen LogP contribution in [0.2, 0.25) is 0 Å². The van der Waals surface area contributed by atoms with E-state index in [0.717, 1.165) is 32.1 Å². The summed E-state index contributed by atoms with van der Waals surface area (Å²) in [6, 6.07) is 5.04. The zero-order valence-electron chi connectivity index (χ0n) is 16.6. The van der Waals surface area contributed by atoms with E-state index in [-0.39, 0.29) is 5.91 Å². The monoisotopic (exact) mass is 377 g/mol. The summed E-state index contributed by atoms with van der Waals surface area (Å²) in [5.74, 6) is -0.189. The van der Waals surface area contributed by atoms with Gasteiger partial charge < -0.3 is 19.5 Å². The first-order valence-electron chi connectivity index (χ1n) is 9.87. The van der Waals surface area contributed by atoms with Gasteiger partial charge in [-0.2, -0.15) is 0 Å². The number of carbonyl (C=O) groups excluding carboxylic acids is 2. The van der Waals surface area contributed by atoms with Crippen molar-refractivity contribution < 1.29 is 23.8 Å². The van der Waals surface area contributed by atoms with Crippen molar-refractivity contribution in [2.24, 2.45) is 0 Å². The quantitative estimate of drug-likeness (QED) is 0.539. The van der Waals surface area contributed by atoms with E-state index in [0.29, 0.717) is 43.1 Å². The largest absolute Gasteiger partial charge is 0.493 e. The van der Waals surface area contributed by atoms with Gasteiger partial charge in [-0.3, -0.25) is 4.79 Å². The van der Waals surface area contributed by atoms with Crippen molar-refractivity contribution in [1.82, 2.24) is 0 Å². The number of hydrogen-bond acceptors (Lipinski definition) is 5. The van der Waals surface area contributed by atoms with Crippen molar-refractivity contribution in [3.05, 3.63) is 23.8 Å². The number of amides is 1. The van der Waals surface area contributed by atoms with Gasteiger partial charge in [-0.05, 0) is 44.4 Å². The molecule has 6 nitrogen and oxygen atoms in total. The standard InChI is InChI=1S/C21H31NO5/c1-4-14-26-18-11-10-16(15-17(18)19(23)25-3)22-20(24)21(27-5-2)12-8-6-7-9-13-21/h10-11,15H,4-9,12-14H2,1-3H3,(H,22,24). The van der Waals surface area contributed by atoms with Crippen molar-refractivity contribution in [2.75, 3.05) is 25.6 Å². The lowest BCUT2D eigenvalue weighted by Crippen LogP contribution is -2.45. The average molecular weight is 377 g/mol. The summed E-state index contributed by atoms with van der Waals surface area (Å²) in [6.45, 7) is 4.90. The van der Waals surface area contributed by atoms with E-state index in [2.05, 4.69) is 5.32 Å². The molecule has 150 valence electrons. The lowest BCUT2D eigenvalue weighted by molar-refractivity contribution is -0.143. The predicted octanol–water partition coefficient (Wildman–Crippen LogP) is 4.33. The van der Waals surface area contributed by atoms with Crippen LogP contribution in [0.5, 0.6) is 5.75 Å². The van der Waals surface area contributed by atoms with E-state index in [1.807, 2.05) is 13.8 Å². The molecule has 2 rings (SSSR count). The molecule has 0 bridgehead atoms. The average Bonchev–Trinajstić information content (AvgIpc) is 2.93. The number of esters is 1. The van der Waals surface area contributed by atoms with Crippen LogP contribution in [-0.4, -0.2) is 37.8 Å². The second kappa shape index (κ2) is 10.3. The molecular formula is C21H31NO5. The van der Waals surface area contributed by atoms with Gasteiger partial charge in [0.25, 0.3) is 5.91 Å². The van der Waals surface area contributed by atoms with Crippen LogP contribution in [0, 0.1) is 0 Å². The molecule has 0 aliphatic heterocycles. The summed E-state index contributed by atoms with van der Waals surface area (Å²) in [5, 5.41) is 2.94. The minimum absolute atomic E-state index is 0.149. The minimum atomic E-state index is -0.798. The van der Waals surface area contributed by atoms with E-state index >= 15 is 0 Å². The van der Waals surface area contributed by atoms with Gasteiger partial charge in [-0.15, -0.1) is 0 Å². The number of ether oxygens (including phenoxy) is 3. The van der Waals surface area contributed by atoms with Gasteiger partial charge in [0.1, 0.15) is 16.9 Å². The summed E-state index contributed by atoms with van der Waals surface area (Å²) >= 11 is 0. The fraction of sp³-hybridized carbons (Fsp3) is 0.619. The highest BCUT2D eigenvalue weighted by Gasteiger charge is 2.39. The third kappa shape index (κ3) is 5.45. The molecule has 27 heavy (non-hydrogen) atoms. The molecule has 0 unspecified atom stereocenters. The topological polar surface area (TPSA) is 73.9 Å². The molecule has 0 saturated heterocycles. The van der Waals surface area contributed by atoms with Crippen molar-refractivity contribution in [2.45, 2.75) is 64.4 Å². The Morgan fingerprint density at radius 1 is 1.11 bits per heavy atom. The molecule has 1 fully saturated rings. The molecule has 1 N–H and O–H groups in total. The van der Waals surface area contributed by atoms with Gasteiger partial charge in [0, 0.05) is 12.3 Å². The number of methoxy groups -OCH3 is 1. The Morgan fingerprint density at radius 3 is 2.41 bits per heavy atom. The number of hydrogen-bond donors (Lipinski definition) is 1. The van der Waals surface area contributed by atoms with Crippen molar-refractivity contribution >= 4 is 17.6 Å². The number of rotatable bonds is 8. The van der Waals surface area contributed by atoms with Crippen LogP contribution in [-0.2, 0) is 14.3 Å². The van der Waals surface area contributed by atoms with E-state index in [1.165, 1.54) is 7.11 Å².